The molecule has 0 bridgehead atoms. The zero-order valence-electron chi connectivity index (χ0n) is 26.0. The van der Waals surface area contributed by atoms with Crippen molar-refractivity contribution in [3.8, 4) is 56.2 Å². The molecule has 6 aromatic carbocycles. The highest BCUT2D eigenvalue weighted by Crippen LogP contribution is 2.45. The van der Waals surface area contributed by atoms with Gasteiger partial charge in [-0.15, -0.1) is 0 Å². The summed E-state index contributed by atoms with van der Waals surface area (Å²) in [5.41, 5.74) is 15.7. The van der Waals surface area contributed by atoms with Gasteiger partial charge in [0.25, 0.3) is 0 Å². The van der Waals surface area contributed by atoms with Crippen LogP contribution in [-0.2, 0) is 6.42 Å². The number of pyridine rings is 1. The highest BCUT2D eigenvalue weighted by Gasteiger charge is 2.26. The van der Waals surface area contributed by atoms with Gasteiger partial charge in [0.05, 0.1) is 22.4 Å². The van der Waals surface area contributed by atoms with E-state index < -0.39 is 0 Å². The van der Waals surface area contributed by atoms with Crippen LogP contribution in [0.15, 0.2) is 158 Å². The van der Waals surface area contributed by atoms with Gasteiger partial charge in [0.1, 0.15) is 5.65 Å². The summed E-state index contributed by atoms with van der Waals surface area (Å²) >= 11 is 0. The molecular weight excluding hydrogens is 585 g/mol. The van der Waals surface area contributed by atoms with Crippen LogP contribution in [0.5, 0.6) is 0 Å². The molecule has 0 spiro atoms. The third-order valence-electron chi connectivity index (χ3n) is 9.61. The third kappa shape index (κ3) is 4.20. The van der Waals surface area contributed by atoms with Crippen molar-refractivity contribution >= 4 is 27.5 Å². The number of hydrogen-bond acceptors (Lipinski definition) is 3. The van der Waals surface area contributed by atoms with Crippen molar-refractivity contribution in [2.24, 2.45) is 0 Å². The van der Waals surface area contributed by atoms with Crippen LogP contribution in [0, 0.1) is 0 Å². The van der Waals surface area contributed by atoms with Gasteiger partial charge in [-0.3, -0.25) is 4.40 Å². The van der Waals surface area contributed by atoms with Crippen LogP contribution in [0.4, 0.5) is 0 Å². The molecule has 0 amide bonds. The van der Waals surface area contributed by atoms with E-state index in [0.717, 1.165) is 62.6 Å². The smallest absolute Gasteiger partial charge is 0.160 e. The zero-order chi connectivity index (χ0) is 31.6. The number of para-hydroxylation sites is 2. The minimum atomic E-state index is 0.719. The summed E-state index contributed by atoms with van der Waals surface area (Å²) in [4.78, 5) is 15.2. The van der Waals surface area contributed by atoms with E-state index in [-0.39, 0.29) is 0 Å². The second-order valence-electron chi connectivity index (χ2n) is 12.5. The summed E-state index contributed by atoms with van der Waals surface area (Å²) in [5, 5.41) is 2.43. The molecule has 0 unspecified atom stereocenters. The molecule has 0 saturated carbocycles. The lowest BCUT2D eigenvalue weighted by molar-refractivity contribution is 1.08. The maximum Gasteiger partial charge on any atom is 0.160 e. The molecule has 1 aliphatic rings. The molecule has 0 fully saturated rings. The standard InChI is InChI=1S/C44H28N4/c1-3-12-28(13-4-1)38-27-39(46-43(45-38)29-14-5-2-6-15-29)33-17-11-16-30(24-33)31-22-23-32-26-41-42(36(32)25-31)34-18-7-8-19-35(34)44-47-37-20-9-10-21-40(37)48(41)44/h1-25,27H,26H2. The van der Waals surface area contributed by atoms with E-state index in [1.54, 1.807) is 0 Å². The van der Waals surface area contributed by atoms with E-state index in [9.17, 15) is 0 Å². The van der Waals surface area contributed by atoms with Gasteiger partial charge < -0.3 is 0 Å². The van der Waals surface area contributed by atoms with Crippen molar-refractivity contribution in [3.05, 3.63) is 169 Å². The Hall–Kier alpha value is -6.39. The number of rotatable bonds is 4. The van der Waals surface area contributed by atoms with Gasteiger partial charge in [-0.05, 0) is 58.0 Å². The topological polar surface area (TPSA) is 43.1 Å². The van der Waals surface area contributed by atoms with Gasteiger partial charge in [-0.1, -0.05) is 127 Å². The number of hydrogen-bond donors (Lipinski definition) is 0. The van der Waals surface area contributed by atoms with Crippen molar-refractivity contribution in [1.29, 1.82) is 0 Å². The molecular formula is C44H28N4. The fourth-order valence-electron chi connectivity index (χ4n) is 7.36. The maximum atomic E-state index is 5.09. The minimum Gasteiger partial charge on any atom is -0.295 e. The molecule has 0 aliphatic heterocycles. The van der Waals surface area contributed by atoms with Crippen molar-refractivity contribution in [3.63, 3.8) is 0 Å². The predicted molar refractivity (Wildman–Crippen MR) is 196 cm³/mol. The van der Waals surface area contributed by atoms with E-state index in [4.69, 9.17) is 15.0 Å². The lowest BCUT2D eigenvalue weighted by Gasteiger charge is -2.12. The molecule has 9 aromatic rings. The van der Waals surface area contributed by atoms with Gasteiger partial charge in [-0.25, -0.2) is 15.0 Å². The number of imidazole rings is 1. The Balaban J connectivity index is 1.13. The molecule has 1 aliphatic carbocycles. The summed E-state index contributed by atoms with van der Waals surface area (Å²) < 4.78 is 2.39. The van der Waals surface area contributed by atoms with Gasteiger partial charge in [0.2, 0.25) is 0 Å². The van der Waals surface area contributed by atoms with E-state index in [0.29, 0.717) is 0 Å². The van der Waals surface area contributed by atoms with Crippen molar-refractivity contribution in [2.45, 2.75) is 6.42 Å². The van der Waals surface area contributed by atoms with E-state index >= 15 is 0 Å². The Morgan fingerprint density at radius 3 is 1.94 bits per heavy atom. The van der Waals surface area contributed by atoms with Crippen molar-refractivity contribution < 1.29 is 0 Å². The SMILES string of the molecule is c1ccc(-c2cc(-c3cccc(-c4ccc5c(c4)-c4c(n6c7ccccc7nc6c6ccccc46)C5)c3)nc(-c3ccccc3)n2)cc1. The predicted octanol–water partition coefficient (Wildman–Crippen LogP) is 10.7. The second kappa shape index (κ2) is 10.6. The summed E-state index contributed by atoms with van der Waals surface area (Å²) in [6.45, 7) is 0. The normalized spacial score (nSPS) is 12.1. The molecule has 0 radical (unpaired) electrons. The molecule has 0 atom stereocenters. The van der Waals surface area contributed by atoms with E-state index in [2.05, 4.69) is 138 Å². The summed E-state index contributed by atoms with van der Waals surface area (Å²) in [6, 6.07) is 55.5. The van der Waals surface area contributed by atoms with Crippen LogP contribution in [0.1, 0.15) is 11.3 Å². The van der Waals surface area contributed by atoms with Crippen LogP contribution in [0.25, 0.3) is 83.6 Å². The second-order valence-corrected chi connectivity index (χ2v) is 12.5. The first-order valence-corrected chi connectivity index (χ1v) is 16.3. The van der Waals surface area contributed by atoms with Gasteiger partial charge in [0.15, 0.2) is 5.82 Å². The first kappa shape index (κ1) is 26.8. The summed E-state index contributed by atoms with van der Waals surface area (Å²) in [6.07, 6.45) is 0.873. The van der Waals surface area contributed by atoms with Crippen LogP contribution in [0.2, 0.25) is 0 Å². The monoisotopic (exact) mass is 612 g/mol. The first-order chi connectivity index (χ1) is 23.8. The average Bonchev–Trinajstić information content (AvgIpc) is 3.74. The largest absolute Gasteiger partial charge is 0.295 e. The van der Waals surface area contributed by atoms with Gasteiger partial charge in [0, 0.05) is 39.8 Å². The maximum absolute atomic E-state index is 5.09. The Bertz CT molecular complexity index is 2630. The number of nitrogens with zero attached hydrogens (tertiary/aromatic N) is 4. The highest BCUT2D eigenvalue weighted by atomic mass is 15.0. The van der Waals surface area contributed by atoms with Crippen molar-refractivity contribution in [1.82, 2.24) is 19.4 Å². The van der Waals surface area contributed by atoms with Crippen LogP contribution < -0.4 is 0 Å². The van der Waals surface area contributed by atoms with Crippen LogP contribution in [0.3, 0.4) is 0 Å². The number of aromatic nitrogens is 4. The molecule has 0 saturated heterocycles. The van der Waals surface area contributed by atoms with E-state index in [1.807, 2.05) is 24.3 Å². The number of fused-ring (bicyclic) bond motifs is 10. The molecule has 4 heteroatoms. The number of benzene rings is 6. The Morgan fingerprint density at radius 1 is 0.458 bits per heavy atom. The lowest BCUT2D eigenvalue weighted by atomic mass is 9.95. The Kier molecular flexibility index (Phi) is 5.90. The molecule has 3 heterocycles. The van der Waals surface area contributed by atoms with Crippen LogP contribution >= 0.6 is 0 Å². The van der Waals surface area contributed by atoms with E-state index in [1.165, 1.54) is 38.7 Å². The quantitative estimate of drug-likeness (QED) is 0.199. The lowest BCUT2D eigenvalue weighted by Crippen LogP contribution is -1.97. The minimum absolute atomic E-state index is 0.719. The summed E-state index contributed by atoms with van der Waals surface area (Å²) in [7, 11) is 0. The molecule has 48 heavy (non-hydrogen) atoms. The highest BCUT2D eigenvalue weighted by molar-refractivity contribution is 6.08. The average molecular weight is 613 g/mol. The van der Waals surface area contributed by atoms with Crippen molar-refractivity contribution in [2.75, 3.05) is 0 Å². The molecule has 3 aromatic heterocycles. The fraction of sp³-hybridized carbons (Fsp3) is 0.0227. The Labute approximate surface area is 277 Å². The molecule has 10 rings (SSSR count). The zero-order valence-corrected chi connectivity index (χ0v) is 26.0. The van der Waals surface area contributed by atoms with Gasteiger partial charge in [-0.2, -0.15) is 0 Å². The molecule has 4 nitrogen and oxygen atoms in total. The van der Waals surface area contributed by atoms with Gasteiger partial charge >= 0.3 is 0 Å². The molecule has 224 valence electrons. The summed E-state index contributed by atoms with van der Waals surface area (Å²) in [5.74, 6) is 0.719. The Morgan fingerprint density at radius 2 is 1.10 bits per heavy atom. The fourth-order valence-corrected chi connectivity index (χ4v) is 7.36. The van der Waals surface area contributed by atoms with Crippen LogP contribution in [-0.4, -0.2) is 19.4 Å². The molecule has 0 N–H and O–H groups in total. The third-order valence-corrected chi connectivity index (χ3v) is 9.61. The first-order valence-electron chi connectivity index (χ1n) is 16.3.